The van der Waals surface area contributed by atoms with Crippen LogP contribution in [-0.2, 0) is 0 Å². The number of fused-ring (bicyclic) bond motifs is 5. The SMILES string of the molecule is CC(C)C[C@@H](C)C[C@@H](C)[C@H]1CC[C@H]2[C@@H]3[C@H](O)[C@H](C)[C@@H]4C[C@H](O)CC[C@]4(C)[C@H]3C[C@H](O)[C@]12C. The average Bonchev–Trinajstić information content (AvgIpc) is 3.06. The molecule has 0 aliphatic heterocycles. The molecule has 32 heavy (non-hydrogen) atoms. The Bertz CT molecular complexity index is 663. The van der Waals surface area contributed by atoms with Gasteiger partial charge >= 0.3 is 0 Å². The maximum absolute atomic E-state index is 11.8. The smallest absolute Gasteiger partial charge is 0.0602 e. The molecule has 0 aromatic carbocycles. The van der Waals surface area contributed by atoms with Gasteiger partial charge in [-0.1, -0.05) is 48.5 Å². The van der Waals surface area contributed by atoms with Gasteiger partial charge in [-0.05, 0) is 115 Å². The van der Waals surface area contributed by atoms with Gasteiger partial charge in [-0.2, -0.15) is 0 Å². The van der Waals surface area contributed by atoms with E-state index < -0.39 is 0 Å². The molecule has 0 aromatic rings. The van der Waals surface area contributed by atoms with Crippen molar-refractivity contribution in [3.63, 3.8) is 0 Å². The van der Waals surface area contributed by atoms with Crippen molar-refractivity contribution in [2.45, 2.75) is 118 Å². The van der Waals surface area contributed by atoms with Crippen LogP contribution in [0.1, 0.15) is 99.8 Å². The fraction of sp³-hybridized carbons (Fsp3) is 1.00. The summed E-state index contributed by atoms with van der Waals surface area (Å²) in [6.07, 6.45) is 7.70. The second kappa shape index (κ2) is 8.83. The molecule has 0 heterocycles. The zero-order chi connectivity index (χ0) is 23.6. The van der Waals surface area contributed by atoms with Crippen molar-refractivity contribution in [2.24, 2.45) is 64.1 Å². The summed E-state index contributed by atoms with van der Waals surface area (Å²) in [4.78, 5) is 0. The van der Waals surface area contributed by atoms with Crippen molar-refractivity contribution in [3.05, 3.63) is 0 Å². The minimum absolute atomic E-state index is 0.0732. The zero-order valence-electron chi connectivity index (χ0n) is 21.9. The Morgan fingerprint density at radius 2 is 1.53 bits per heavy atom. The standard InChI is InChI=1S/C29H52O3/c1-16(2)12-17(3)13-18(4)21-8-9-22-26-24(15-25(31)29(21,22)7)28(6)11-10-20(30)14-23(28)19(5)27(26)32/h16-27,30-32H,8-15H2,1-7H3/t17-,18-,19-,20-,21-,22+,23+,24+,25+,26+,27-,28+,29-/m1/s1. The molecule has 4 fully saturated rings. The molecular weight excluding hydrogens is 396 g/mol. The van der Waals surface area contributed by atoms with Crippen molar-refractivity contribution in [2.75, 3.05) is 0 Å². The predicted molar refractivity (Wildman–Crippen MR) is 131 cm³/mol. The summed E-state index contributed by atoms with van der Waals surface area (Å²) >= 11 is 0. The highest BCUT2D eigenvalue weighted by molar-refractivity contribution is 5.15. The Balaban J connectivity index is 1.60. The second-order valence-electron chi connectivity index (χ2n) is 13.9. The van der Waals surface area contributed by atoms with Crippen LogP contribution in [0.5, 0.6) is 0 Å². The van der Waals surface area contributed by atoms with Gasteiger partial charge in [-0.3, -0.25) is 0 Å². The molecule has 13 atom stereocenters. The van der Waals surface area contributed by atoms with Crippen LogP contribution in [0.4, 0.5) is 0 Å². The predicted octanol–water partition coefficient (Wildman–Crippen LogP) is 5.90. The van der Waals surface area contributed by atoms with Gasteiger partial charge in [-0.15, -0.1) is 0 Å². The van der Waals surface area contributed by atoms with E-state index in [0.29, 0.717) is 35.5 Å². The lowest BCUT2D eigenvalue weighted by Crippen LogP contribution is -2.64. The van der Waals surface area contributed by atoms with Crippen LogP contribution >= 0.6 is 0 Å². The average molecular weight is 449 g/mol. The van der Waals surface area contributed by atoms with E-state index in [0.717, 1.165) is 43.9 Å². The number of hydrogen-bond donors (Lipinski definition) is 3. The first-order valence-corrected chi connectivity index (χ1v) is 13.9. The van der Waals surface area contributed by atoms with Crippen LogP contribution in [0, 0.1) is 64.1 Å². The molecule has 0 amide bonds. The van der Waals surface area contributed by atoms with E-state index in [-0.39, 0.29) is 35.1 Å². The summed E-state index contributed by atoms with van der Waals surface area (Å²) in [7, 11) is 0. The third-order valence-electron chi connectivity index (χ3n) is 11.6. The van der Waals surface area contributed by atoms with Gasteiger partial charge in [0.2, 0.25) is 0 Å². The molecule has 0 spiro atoms. The van der Waals surface area contributed by atoms with Crippen LogP contribution in [0.2, 0.25) is 0 Å². The van der Waals surface area contributed by atoms with Crippen LogP contribution in [0.15, 0.2) is 0 Å². The first kappa shape index (κ1) is 25.0. The fourth-order valence-electron chi connectivity index (χ4n) is 10.3. The molecule has 0 bridgehead atoms. The third-order valence-corrected chi connectivity index (χ3v) is 11.6. The van der Waals surface area contributed by atoms with Crippen molar-refractivity contribution in [1.82, 2.24) is 0 Å². The lowest BCUT2D eigenvalue weighted by molar-refractivity contribution is -0.225. The summed E-state index contributed by atoms with van der Waals surface area (Å²) in [6, 6.07) is 0. The van der Waals surface area contributed by atoms with Gasteiger partial charge in [-0.25, -0.2) is 0 Å². The van der Waals surface area contributed by atoms with Crippen LogP contribution in [0.3, 0.4) is 0 Å². The fourth-order valence-corrected chi connectivity index (χ4v) is 10.3. The largest absolute Gasteiger partial charge is 0.393 e. The lowest BCUT2D eigenvalue weighted by atomic mass is 9.41. The maximum Gasteiger partial charge on any atom is 0.0602 e. The topological polar surface area (TPSA) is 60.7 Å². The molecule has 0 unspecified atom stereocenters. The first-order chi connectivity index (χ1) is 14.9. The minimum Gasteiger partial charge on any atom is -0.393 e. The molecule has 3 N–H and O–H groups in total. The monoisotopic (exact) mass is 448 g/mol. The van der Waals surface area contributed by atoms with Gasteiger partial charge < -0.3 is 15.3 Å². The first-order valence-electron chi connectivity index (χ1n) is 13.9. The van der Waals surface area contributed by atoms with Crippen molar-refractivity contribution >= 4 is 0 Å². The second-order valence-corrected chi connectivity index (χ2v) is 13.9. The highest BCUT2D eigenvalue weighted by Crippen LogP contribution is 2.69. The highest BCUT2D eigenvalue weighted by atomic mass is 16.3. The maximum atomic E-state index is 11.8. The van der Waals surface area contributed by atoms with Crippen LogP contribution in [0.25, 0.3) is 0 Å². The highest BCUT2D eigenvalue weighted by Gasteiger charge is 2.67. The van der Waals surface area contributed by atoms with E-state index in [1.54, 1.807) is 0 Å². The molecule has 3 heteroatoms. The third kappa shape index (κ3) is 3.81. The van der Waals surface area contributed by atoms with Gasteiger partial charge in [0.25, 0.3) is 0 Å². The van der Waals surface area contributed by atoms with E-state index in [9.17, 15) is 15.3 Å². The molecule has 4 aliphatic carbocycles. The summed E-state index contributed by atoms with van der Waals surface area (Å²) in [5.41, 5.74) is 0.0660. The summed E-state index contributed by atoms with van der Waals surface area (Å²) in [6.45, 7) is 16.5. The molecule has 0 saturated heterocycles. The molecule has 0 aromatic heterocycles. The number of rotatable bonds is 5. The number of aliphatic hydroxyl groups excluding tert-OH is 3. The van der Waals surface area contributed by atoms with E-state index >= 15 is 0 Å². The van der Waals surface area contributed by atoms with Crippen molar-refractivity contribution in [3.8, 4) is 0 Å². The molecule has 3 nitrogen and oxygen atoms in total. The quantitative estimate of drug-likeness (QED) is 0.490. The van der Waals surface area contributed by atoms with E-state index in [1.807, 2.05) is 0 Å². The van der Waals surface area contributed by atoms with Crippen molar-refractivity contribution in [1.29, 1.82) is 0 Å². The van der Waals surface area contributed by atoms with Crippen LogP contribution in [-0.4, -0.2) is 33.6 Å². The summed E-state index contributed by atoms with van der Waals surface area (Å²) in [5.74, 6) is 4.36. The number of aliphatic hydroxyl groups is 3. The Labute approximate surface area is 197 Å². The van der Waals surface area contributed by atoms with Gasteiger partial charge in [0, 0.05) is 0 Å². The molecule has 186 valence electrons. The van der Waals surface area contributed by atoms with E-state index in [4.69, 9.17) is 0 Å². The van der Waals surface area contributed by atoms with Gasteiger partial charge in [0.1, 0.15) is 0 Å². The number of hydrogen-bond acceptors (Lipinski definition) is 3. The molecule has 4 saturated carbocycles. The molecule has 4 rings (SSSR count). The zero-order valence-corrected chi connectivity index (χ0v) is 21.9. The minimum atomic E-state index is -0.297. The molecule has 4 aliphatic rings. The Morgan fingerprint density at radius 3 is 2.19 bits per heavy atom. The lowest BCUT2D eigenvalue weighted by Gasteiger charge is -2.65. The Morgan fingerprint density at radius 1 is 0.844 bits per heavy atom. The summed E-state index contributed by atoms with van der Waals surface area (Å²) in [5, 5.41) is 33.8. The normalized spacial score (nSPS) is 52.8. The van der Waals surface area contributed by atoms with Crippen molar-refractivity contribution < 1.29 is 15.3 Å². The Hall–Kier alpha value is -0.120. The van der Waals surface area contributed by atoms with E-state index in [1.165, 1.54) is 19.3 Å². The van der Waals surface area contributed by atoms with Gasteiger partial charge in [0.15, 0.2) is 0 Å². The summed E-state index contributed by atoms with van der Waals surface area (Å²) < 4.78 is 0. The molecule has 0 radical (unpaired) electrons. The van der Waals surface area contributed by atoms with Gasteiger partial charge in [0.05, 0.1) is 18.3 Å². The van der Waals surface area contributed by atoms with E-state index in [2.05, 4.69) is 48.5 Å². The van der Waals surface area contributed by atoms with Crippen LogP contribution < -0.4 is 0 Å². The molecular formula is C29H52O3. The Kier molecular flexibility index (Phi) is 6.89.